The summed E-state index contributed by atoms with van der Waals surface area (Å²) in [5.74, 6) is -0.276. The number of alkyl halides is 1. The fraction of sp³-hybridized carbons (Fsp3) is 0.757. The molecule has 0 amide bonds. The van der Waals surface area contributed by atoms with Crippen molar-refractivity contribution in [1.82, 2.24) is 0 Å². The third-order valence-corrected chi connectivity index (χ3v) is 15.2. The van der Waals surface area contributed by atoms with Gasteiger partial charge in [-0.3, -0.25) is 4.79 Å². The van der Waals surface area contributed by atoms with Gasteiger partial charge in [0.05, 0.1) is 24.1 Å². The van der Waals surface area contributed by atoms with Crippen molar-refractivity contribution in [2.24, 2.45) is 39.9 Å². The Bertz CT molecular complexity index is 1320. The van der Waals surface area contributed by atoms with Crippen molar-refractivity contribution in [2.45, 2.75) is 129 Å². The molecule has 0 aliphatic heterocycles. The van der Waals surface area contributed by atoms with Crippen molar-refractivity contribution >= 4 is 44.9 Å². The molecule has 0 spiro atoms. The standard InChI is InChI=1S/C37H55BrNO6.BrH/c1-22-25-14-17-36(6)32(35(25,5)16-15-27(22)41)28(42)20-26-31(29(45-23(2)40)21-37(26,36)7)24(33(43)44-8)12-13-30(38)34(3,4)39-18-10-9-11-19-39;/h9-11,18-19,22,25-30,32,41-42H,12-17,20-21H2,1-8H3;1H/q+1;/b31-24-;/t22-,25-,26-,27-,28+,29-,30?,32-,35-,36-,37-;/m0./s1. The summed E-state index contributed by atoms with van der Waals surface area (Å²) >= 11 is 3.95. The second kappa shape index (κ2) is 13.5. The minimum atomic E-state index is -0.564. The van der Waals surface area contributed by atoms with E-state index in [1.54, 1.807) is 0 Å². The zero-order valence-electron chi connectivity index (χ0n) is 28.9. The molecule has 7 nitrogen and oxygen atoms in total. The molecule has 1 aromatic heterocycles. The lowest BCUT2D eigenvalue weighted by Gasteiger charge is -2.69. The molecule has 11 atom stereocenters. The lowest BCUT2D eigenvalue weighted by atomic mass is 9.36. The first-order valence-electron chi connectivity index (χ1n) is 17.0. The van der Waals surface area contributed by atoms with Crippen molar-refractivity contribution in [1.29, 1.82) is 0 Å². The molecular formula is C37H56Br2NO6+. The molecule has 4 aliphatic carbocycles. The zero-order chi connectivity index (χ0) is 33.1. The van der Waals surface area contributed by atoms with Gasteiger partial charge in [0.15, 0.2) is 17.9 Å². The predicted molar refractivity (Wildman–Crippen MR) is 186 cm³/mol. The maximum absolute atomic E-state index is 13.7. The van der Waals surface area contributed by atoms with E-state index in [1.165, 1.54) is 14.0 Å². The summed E-state index contributed by atoms with van der Waals surface area (Å²) in [4.78, 5) is 26.3. The van der Waals surface area contributed by atoms with Crippen LogP contribution in [0.15, 0.2) is 41.7 Å². The van der Waals surface area contributed by atoms with E-state index in [9.17, 15) is 19.8 Å². The van der Waals surface area contributed by atoms with Crippen LogP contribution in [0.2, 0.25) is 0 Å². The van der Waals surface area contributed by atoms with E-state index in [0.29, 0.717) is 37.2 Å². The number of rotatable bonds is 7. The number of carbonyl (C=O) groups is 2. The van der Waals surface area contributed by atoms with Gasteiger partial charge in [0.2, 0.25) is 0 Å². The van der Waals surface area contributed by atoms with E-state index < -0.39 is 12.2 Å². The van der Waals surface area contributed by atoms with E-state index in [-0.39, 0.29) is 79.4 Å². The van der Waals surface area contributed by atoms with Gasteiger partial charge in [0, 0.05) is 38.5 Å². The lowest BCUT2D eigenvalue weighted by Crippen LogP contribution is -2.65. The Labute approximate surface area is 294 Å². The molecule has 0 saturated heterocycles. The monoisotopic (exact) mass is 768 g/mol. The summed E-state index contributed by atoms with van der Waals surface area (Å²) in [5.41, 5.74) is 0.520. The van der Waals surface area contributed by atoms with Crippen LogP contribution in [-0.4, -0.2) is 52.4 Å². The third-order valence-electron chi connectivity index (χ3n) is 13.6. The Morgan fingerprint density at radius 3 is 2.33 bits per heavy atom. The number of fused-ring (bicyclic) bond motifs is 5. The first-order valence-corrected chi connectivity index (χ1v) is 17.9. The van der Waals surface area contributed by atoms with Crippen LogP contribution in [-0.2, 0) is 24.6 Å². The van der Waals surface area contributed by atoms with E-state index >= 15 is 0 Å². The molecule has 46 heavy (non-hydrogen) atoms. The maximum atomic E-state index is 13.7. The Balaban J connectivity index is 0.00000480. The van der Waals surface area contributed by atoms with E-state index in [2.05, 4.69) is 74.4 Å². The molecule has 1 unspecified atom stereocenters. The maximum Gasteiger partial charge on any atom is 0.333 e. The average Bonchev–Trinajstić information content (AvgIpc) is 3.26. The molecule has 5 rings (SSSR count). The number of ether oxygens (including phenoxy) is 2. The second-order valence-electron chi connectivity index (χ2n) is 16.0. The van der Waals surface area contributed by atoms with E-state index in [4.69, 9.17) is 9.47 Å². The van der Waals surface area contributed by atoms with Gasteiger partial charge in [-0.05, 0) is 96.9 Å². The molecule has 0 radical (unpaired) electrons. The number of nitrogens with zero attached hydrogens (tertiary/aromatic N) is 1. The molecule has 1 aromatic rings. The van der Waals surface area contributed by atoms with Gasteiger partial charge in [-0.1, -0.05) is 49.7 Å². The summed E-state index contributed by atoms with van der Waals surface area (Å²) in [6, 6.07) is 6.02. The number of carbonyl (C=O) groups excluding carboxylic acids is 2. The highest BCUT2D eigenvalue weighted by molar-refractivity contribution is 9.09. The van der Waals surface area contributed by atoms with Crippen molar-refractivity contribution in [3.8, 4) is 0 Å². The van der Waals surface area contributed by atoms with Crippen LogP contribution in [0, 0.1) is 39.9 Å². The molecule has 4 saturated carbocycles. The van der Waals surface area contributed by atoms with E-state index in [0.717, 1.165) is 31.3 Å². The lowest BCUT2D eigenvalue weighted by molar-refractivity contribution is -0.757. The van der Waals surface area contributed by atoms with Crippen molar-refractivity contribution in [3.63, 3.8) is 0 Å². The highest BCUT2D eigenvalue weighted by Gasteiger charge is 2.71. The summed E-state index contributed by atoms with van der Waals surface area (Å²) in [5, 5.41) is 23.0. The Hall–Kier alpha value is -1.29. The molecule has 9 heteroatoms. The molecule has 4 aliphatic rings. The third kappa shape index (κ3) is 5.95. The van der Waals surface area contributed by atoms with Crippen LogP contribution in [0.3, 0.4) is 0 Å². The number of hydrogen-bond acceptors (Lipinski definition) is 6. The number of halogens is 2. The highest BCUT2D eigenvalue weighted by atomic mass is 79.9. The van der Waals surface area contributed by atoms with Gasteiger partial charge in [0.1, 0.15) is 6.10 Å². The van der Waals surface area contributed by atoms with Gasteiger partial charge in [-0.25, -0.2) is 4.79 Å². The van der Waals surface area contributed by atoms with Crippen LogP contribution in [0.25, 0.3) is 0 Å². The minimum Gasteiger partial charge on any atom is -0.466 e. The van der Waals surface area contributed by atoms with Gasteiger partial charge in [0.25, 0.3) is 0 Å². The zero-order valence-corrected chi connectivity index (χ0v) is 32.2. The first-order chi connectivity index (χ1) is 21.0. The molecule has 4 fully saturated rings. The Kier molecular flexibility index (Phi) is 11.1. The van der Waals surface area contributed by atoms with Gasteiger partial charge in [-0.15, -0.1) is 17.0 Å². The van der Waals surface area contributed by atoms with E-state index in [1.807, 2.05) is 18.2 Å². The average molecular weight is 771 g/mol. The van der Waals surface area contributed by atoms with Gasteiger partial charge >= 0.3 is 11.9 Å². The first kappa shape index (κ1) is 37.5. The Morgan fingerprint density at radius 1 is 1.07 bits per heavy atom. The number of aliphatic hydroxyl groups is 2. The van der Waals surface area contributed by atoms with Gasteiger partial charge in [-0.2, -0.15) is 4.57 Å². The predicted octanol–water partition coefficient (Wildman–Crippen LogP) is 6.85. The minimum absolute atomic E-state index is 0. The van der Waals surface area contributed by atoms with Crippen molar-refractivity contribution < 1.29 is 33.8 Å². The topological polar surface area (TPSA) is 96.9 Å². The van der Waals surface area contributed by atoms with Gasteiger partial charge < -0.3 is 19.7 Å². The van der Waals surface area contributed by atoms with Crippen LogP contribution >= 0.6 is 32.9 Å². The number of methoxy groups -OCH3 is 1. The molecule has 1 heterocycles. The molecule has 0 bridgehead atoms. The quantitative estimate of drug-likeness (QED) is 0.136. The summed E-state index contributed by atoms with van der Waals surface area (Å²) < 4.78 is 13.7. The number of hydrogen-bond donors (Lipinski definition) is 2. The fourth-order valence-electron chi connectivity index (χ4n) is 11.0. The molecule has 2 N–H and O–H groups in total. The van der Waals surface area contributed by atoms with Crippen molar-refractivity contribution in [2.75, 3.05) is 7.11 Å². The van der Waals surface area contributed by atoms with Crippen LogP contribution in [0.1, 0.15) is 99.8 Å². The van der Waals surface area contributed by atoms with Crippen LogP contribution in [0.4, 0.5) is 0 Å². The normalized spacial score (nSPS) is 40.4. The smallest absolute Gasteiger partial charge is 0.333 e. The second-order valence-corrected chi connectivity index (χ2v) is 17.1. The molecule has 0 aromatic carbocycles. The Morgan fingerprint density at radius 2 is 1.72 bits per heavy atom. The SMILES string of the molecule is Br.COC(=O)/C(CCC(Br)C(C)(C)[n+]1ccccc1)=C1\[C@@H](OC(C)=O)C[C@@]2(C)[C@H]1C[C@@H](O)[C@H]1[C@@]3(C)CC[C@H](O)[C@@H](C)[C@@H]3CC[C@@]12C. The summed E-state index contributed by atoms with van der Waals surface area (Å²) in [6.45, 7) is 15.0. The van der Waals surface area contributed by atoms with Crippen LogP contribution in [0.5, 0.6) is 0 Å². The summed E-state index contributed by atoms with van der Waals surface area (Å²) in [7, 11) is 1.42. The fourth-order valence-corrected chi connectivity index (χ4v) is 11.4. The largest absolute Gasteiger partial charge is 0.466 e. The summed E-state index contributed by atoms with van der Waals surface area (Å²) in [6.07, 6.45) is 8.55. The van der Waals surface area contributed by atoms with Crippen molar-refractivity contribution in [3.05, 3.63) is 41.7 Å². The number of esters is 2. The highest BCUT2D eigenvalue weighted by Crippen LogP contribution is 2.74. The number of pyridine rings is 1. The van der Waals surface area contributed by atoms with Crippen LogP contribution < -0.4 is 4.57 Å². The number of aromatic nitrogens is 1. The molecular weight excluding hydrogens is 714 g/mol. The molecule has 258 valence electrons. The number of aliphatic hydroxyl groups excluding tert-OH is 2.